The van der Waals surface area contributed by atoms with Crippen LogP contribution in [0.5, 0.6) is 11.5 Å². The van der Waals surface area contributed by atoms with E-state index in [9.17, 15) is 4.79 Å². The molecule has 0 radical (unpaired) electrons. The monoisotopic (exact) mass is 379 g/mol. The smallest absolute Gasteiger partial charge is 0.255 e. The zero-order valence-electron chi connectivity index (χ0n) is 16.4. The number of nitrogens with one attached hydrogen (secondary N) is 1. The van der Waals surface area contributed by atoms with Gasteiger partial charge in [0.15, 0.2) is 0 Å². The first kappa shape index (κ1) is 19.5. The van der Waals surface area contributed by atoms with Gasteiger partial charge in [0, 0.05) is 37.5 Å². The van der Waals surface area contributed by atoms with Crippen LogP contribution in [0.25, 0.3) is 0 Å². The number of carbonyl (C=O) groups excluding carboxylic acids is 1. The highest BCUT2D eigenvalue weighted by molar-refractivity contribution is 5.97. The van der Waals surface area contributed by atoms with Crippen LogP contribution in [0.3, 0.4) is 0 Å². The first-order valence-electron chi connectivity index (χ1n) is 9.17. The Labute approximate surface area is 165 Å². The van der Waals surface area contributed by atoms with Crippen molar-refractivity contribution < 1.29 is 14.3 Å². The first-order valence-corrected chi connectivity index (χ1v) is 9.17. The van der Waals surface area contributed by atoms with Gasteiger partial charge in [0.1, 0.15) is 17.3 Å². The van der Waals surface area contributed by atoms with Crippen molar-refractivity contribution in [2.24, 2.45) is 0 Å². The van der Waals surface area contributed by atoms with E-state index in [0.29, 0.717) is 30.0 Å². The Balaban J connectivity index is 1.63. The number of hydrogen-bond acceptors (Lipinski definition) is 4. The van der Waals surface area contributed by atoms with Crippen LogP contribution >= 0.6 is 0 Å². The molecule has 0 fully saturated rings. The van der Waals surface area contributed by atoms with Crippen LogP contribution in [0, 0.1) is 6.92 Å². The predicted octanol–water partition coefficient (Wildman–Crippen LogP) is 3.23. The minimum Gasteiger partial charge on any atom is -0.497 e. The minimum absolute atomic E-state index is 0.183. The van der Waals surface area contributed by atoms with Crippen LogP contribution in [0.15, 0.2) is 54.7 Å². The topological polar surface area (TPSA) is 65.4 Å². The highest BCUT2D eigenvalue weighted by atomic mass is 16.5. The lowest BCUT2D eigenvalue weighted by molar-refractivity contribution is 0.0951. The molecule has 0 bridgehead atoms. The fourth-order valence-corrected chi connectivity index (χ4v) is 3.06. The van der Waals surface area contributed by atoms with Gasteiger partial charge in [-0.3, -0.25) is 4.79 Å². The van der Waals surface area contributed by atoms with Crippen LogP contribution in [0.2, 0.25) is 0 Å². The molecule has 2 aromatic carbocycles. The molecule has 1 amide bonds. The summed E-state index contributed by atoms with van der Waals surface area (Å²) < 4.78 is 12.7. The number of nitrogens with zero attached hydrogens (tertiary/aromatic N) is 2. The van der Waals surface area contributed by atoms with E-state index in [4.69, 9.17) is 9.47 Å². The number of aromatic nitrogens is 2. The Hall–Kier alpha value is -3.28. The van der Waals surface area contributed by atoms with E-state index in [2.05, 4.69) is 27.0 Å². The lowest BCUT2D eigenvalue weighted by Crippen LogP contribution is -2.27. The molecule has 3 aromatic rings. The van der Waals surface area contributed by atoms with Gasteiger partial charge < -0.3 is 19.4 Å². The molecule has 0 spiro atoms. The van der Waals surface area contributed by atoms with E-state index in [1.807, 2.05) is 31.3 Å². The molecule has 0 unspecified atom stereocenters. The standard InChI is InChI=1S/C22H25N3O3/c1-16-14-24-21(25(16)15-17-7-5-4-6-8-17)11-12-23-22(26)19-10-9-18(27-2)13-20(19)28-3/h4-10,13-14H,11-12,15H2,1-3H3,(H,23,26). The number of hydrogen-bond donors (Lipinski definition) is 1. The van der Waals surface area contributed by atoms with Crippen molar-refractivity contribution in [1.82, 2.24) is 14.9 Å². The largest absolute Gasteiger partial charge is 0.497 e. The molecule has 0 saturated heterocycles. The third kappa shape index (κ3) is 4.52. The SMILES string of the molecule is COc1ccc(C(=O)NCCc2ncc(C)n2Cc2ccccc2)c(OC)c1. The van der Waals surface area contributed by atoms with Gasteiger partial charge in [0.25, 0.3) is 5.91 Å². The van der Waals surface area contributed by atoms with E-state index in [-0.39, 0.29) is 5.91 Å². The number of carbonyl (C=O) groups is 1. The lowest BCUT2D eigenvalue weighted by Gasteiger charge is -2.12. The van der Waals surface area contributed by atoms with Gasteiger partial charge in [-0.25, -0.2) is 4.98 Å². The highest BCUT2D eigenvalue weighted by Crippen LogP contribution is 2.24. The normalized spacial score (nSPS) is 10.5. The van der Waals surface area contributed by atoms with Gasteiger partial charge >= 0.3 is 0 Å². The Bertz CT molecular complexity index is 935. The third-order valence-corrected chi connectivity index (χ3v) is 4.61. The summed E-state index contributed by atoms with van der Waals surface area (Å²) in [5, 5.41) is 2.95. The van der Waals surface area contributed by atoms with E-state index in [0.717, 1.165) is 18.1 Å². The molecule has 0 aliphatic heterocycles. The van der Waals surface area contributed by atoms with Crippen LogP contribution in [0.4, 0.5) is 0 Å². The van der Waals surface area contributed by atoms with E-state index in [1.165, 1.54) is 12.7 Å². The zero-order chi connectivity index (χ0) is 19.9. The van der Waals surface area contributed by atoms with Crippen molar-refractivity contribution in [3.63, 3.8) is 0 Å². The van der Waals surface area contributed by atoms with Crippen molar-refractivity contribution in [3.8, 4) is 11.5 Å². The van der Waals surface area contributed by atoms with Gasteiger partial charge in [0.2, 0.25) is 0 Å². The fourth-order valence-electron chi connectivity index (χ4n) is 3.06. The molecule has 28 heavy (non-hydrogen) atoms. The summed E-state index contributed by atoms with van der Waals surface area (Å²) in [4.78, 5) is 17.0. The number of amides is 1. The quantitative estimate of drug-likeness (QED) is 0.653. The summed E-state index contributed by atoms with van der Waals surface area (Å²) in [5.41, 5.74) is 2.80. The summed E-state index contributed by atoms with van der Waals surface area (Å²) in [7, 11) is 3.11. The highest BCUT2D eigenvalue weighted by Gasteiger charge is 2.14. The van der Waals surface area contributed by atoms with Crippen molar-refractivity contribution in [3.05, 3.63) is 77.4 Å². The average Bonchev–Trinajstić information content (AvgIpc) is 3.07. The molecule has 0 saturated carbocycles. The first-order chi connectivity index (χ1) is 13.6. The zero-order valence-corrected chi connectivity index (χ0v) is 16.4. The lowest BCUT2D eigenvalue weighted by atomic mass is 10.1. The minimum atomic E-state index is -0.183. The number of aryl methyl sites for hydroxylation is 1. The average molecular weight is 379 g/mol. The van der Waals surface area contributed by atoms with Crippen molar-refractivity contribution in [2.45, 2.75) is 19.9 Å². The van der Waals surface area contributed by atoms with Gasteiger partial charge in [-0.2, -0.15) is 0 Å². The predicted molar refractivity (Wildman–Crippen MR) is 108 cm³/mol. The molecule has 6 heteroatoms. The number of rotatable bonds is 8. The van der Waals surface area contributed by atoms with Crippen molar-refractivity contribution >= 4 is 5.91 Å². The van der Waals surface area contributed by atoms with Crippen LogP contribution in [-0.2, 0) is 13.0 Å². The fraction of sp³-hybridized carbons (Fsp3) is 0.273. The Kier molecular flexibility index (Phi) is 6.32. The van der Waals surface area contributed by atoms with Gasteiger partial charge in [-0.15, -0.1) is 0 Å². The summed E-state index contributed by atoms with van der Waals surface area (Å²) in [6.45, 7) is 3.29. The second-order valence-corrected chi connectivity index (χ2v) is 6.46. The number of imidazole rings is 1. The summed E-state index contributed by atoms with van der Waals surface area (Å²) in [6.07, 6.45) is 2.51. The Morgan fingerprint density at radius 1 is 1.11 bits per heavy atom. The second kappa shape index (κ2) is 9.08. The summed E-state index contributed by atoms with van der Waals surface area (Å²) in [5.74, 6) is 1.89. The van der Waals surface area contributed by atoms with Gasteiger partial charge in [-0.05, 0) is 24.6 Å². The summed E-state index contributed by atoms with van der Waals surface area (Å²) in [6, 6.07) is 15.4. The molecule has 1 aromatic heterocycles. The maximum Gasteiger partial charge on any atom is 0.255 e. The van der Waals surface area contributed by atoms with E-state index < -0.39 is 0 Å². The molecule has 6 nitrogen and oxygen atoms in total. The third-order valence-electron chi connectivity index (χ3n) is 4.61. The molecule has 3 rings (SSSR count). The van der Waals surface area contributed by atoms with Gasteiger partial charge in [0.05, 0.1) is 19.8 Å². The van der Waals surface area contributed by atoms with E-state index >= 15 is 0 Å². The van der Waals surface area contributed by atoms with Gasteiger partial charge in [-0.1, -0.05) is 30.3 Å². The Morgan fingerprint density at radius 2 is 1.89 bits per heavy atom. The molecule has 1 N–H and O–H groups in total. The maximum atomic E-state index is 12.5. The van der Waals surface area contributed by atoms with E-state index in [1.54, 1.807) is 25.3 Å². The molecule has 0 aliphatic carbocycles. The molecule has 0 aliphatic rings. The Morgan fingerprint density at radius 3 is 2.61 bits per heavy atom. The molecule has 146 valence electrons. The maximum absolute atomic E-state index is 12.5. The van der Waals surface area contributed by atoms with Crippen molar-refractivity contribution in [2.75, 3.05) is 20.8 Å². The van der Waals surface area contributed by atoms with Crippen LogP contribution in [-0.4, -0.2) is 36.2 Å². The molecular formula is C22H25N3O3. The number of methoxy groups -OCH3 is 2. The number of benzene rings is 2. The second-order valence-electron chi connectivity index (χ2n) is 6.46. The van der Waals surface area contributed by atoms with Crippen molar-refractivity contribution in [1.29, 1.82) is 0 Å². The molecule has 1 heterocycles. The van der Waals surface area contributed by atoms with Crippen LogP contribution < -0.4 is 14.8 Å². The molecule has 0 atom stereocenters. The summed E-state index contributed by atoms with van der Waals surface area (Å²) >= 11 is 0. The molecular weight excluding hydrogens is 354 g/mol. The van der Waals surface area contributed by atoms with Crippen LogP contribution in [0.1, 0.15) is 27.4 Å². The number of ether oxygens (including phenoxy) is 2.